The Morgan fingerprint density at radius 3 is 2.30 bits per heavy atom. The second-order valence-corrected chi connectivity index (χ2v) is 9.94. The van der Waals surface area contributed by atoms with E-state index in [4.69, 9.17) is 16.1 Å². The van der Waals surface area contributed by atoms with Crippen LogP contribution in [0.25, 0.3) is 22.4 Å². The van der Waals surface area contributed by atoms with Gasteiger partial charge < -0.3 is 9.84 Å². The zero-order chi connectivity index (χ0) is 22.6. The molecule has 1 aliphatic rings. The van der Waals surface area contributed by atoms with E-state index in [0.29, 0.717) is 15.0 Å². The highest BCUT2D eigenvalue weighted by Crippen LogP contribution is 2.26. The molecule has 1 aliphatic heterocycles. The highest BCUT2D eigenvalue weighted by Gasteiger charge is 2.13. The third-order valence-corrected chi connectivity index (χ3v) is 7.08. The number of amides is 1. The molecule has 1 amide bonds. The van der Waals surface area contributed by atoms with Crippen LogP contribution in [0.5, 0.6) is 0 Å². The maximum atomic E-state index is 12.2. The number of likely N-dealkylation sites (tertiary alicyclic amines) is 1. The Kier molecular flexibility index (Phi) is 6.58. The second-order valence-electron chi connectivity index (χ2n) is 8.22. The molecule has 1 N–H and O–H groups in total. The molecule has 4 aromatic rings. The van der Waals surface area contributed by atoms with Crippen molar-refractivity contribution < 1.29 is 9.32 Å². The van der Waals surface area contributed by atoms with Gasteiger partial charge in [0.25, 0.3) is 5.91 Å². The van der Waals surface area contributed by atoms with Crippen molar-refractivity contribution in [2.75, 3.05) is 13.1 Å². The Morgan fingerprint density at radius 1 is 0.970 bits per heavy atom. The van der Waals surface area contributed by atoms with Crippen molar-refractivity contribution in [3.8, 4) is 22.4 Å². The molecule has 0 radical (unpaired) electrons. The maximum absolute atomic E-state index is 12.2. The summed E-state index contributed by atoms with van der Waals surface area (Å²) >= 11 is 7.13. The van der Waals surface area contributed by atoms with E-state index < -0.39 is 0 Å². The average Bonchev–Trinajstić information content (AvgIpc) is 3.61. The Morgan fingerprint density at radius 2 is 1.64 bits per heavy atom. The van der Waals surface area contributed by atoms with Gasteiger partial charge in [-0.05, 0) is 54.8 Å². The van der Waals surface area contributed by atoms with E-state index in [1.54, 1.807) is 12.1 Å². The number of benzene rings is 2. The Labute approximate surface area is 202 Å². The lowest BCUT2D eigenvalue weighted by molar-refractivity contribution is 0.0951. The summed E-state index contributed by atoms with van der Waals surface area (Å²) in [6.45, 7) is 3.73. The van der Waals surface area contributed by atoms with Crippen molar-refractivity contribution in [1.29, 1.82) is 0 Å². The Balaban J connectivity index is 1.20. The third kappa shape index (κ3) is 5.36. The predicted octanol–water partition coefficient (Wildman–Crippen LogP) is 6.25. The van der Waals surface area contributed by atoms with Crippen LogP contribution in [-0.2, 0) is 13.1 Å². The number of thiophene rings is 1. The van der Waals surface area contributed by atoms with E-state index in [9.17, 15) is 4.79 Å². The highest BCUT2D eigenvalue weighted by atomic mass is 35.5. The van der Waals surface area contributed by atoms with Crippen molar-refractivity contribution in [2.24, 2.45) is 0 Å². The summed E-state index contributed by atoms with van der Waals surface area (Å²) in [5, 5.41) is 6.98. The molecule has 1 fully saturated rings. The SMILES string of the molecule is O=C(NCc1cc(-c2ccc(-c3ccc(CN4CCCC4)cc3)cc2)no1)c1ccc(Cl)s1. The summed E-state index contributed by atoms with van der Waals surface area (Å²) in [5.41, 5.74) is 5.43. The molecule has 7 heteroatoms. The highest BCUT2D eigenvalue weighted by molar-refractivity contribution is 7.17. The van der Waals surface area contributed by atoms with Crippen LogP contribution in [0.1, 0.15) is 33.8 Å². The van der Waals surface area contributed by atoms with Crippen LogP contribution < -0.4 is 5.32 Å². The van der Waals surface area contributed by atoms with Crippen molar-refractivity contribution in [1.82, 2.24) is 15.4 Å². The van der Waals surface area contributed by atoms with Gasteiger partial charge in [-0.1, -0.05) is 65.3 Å². The molecule has 0 bridgehead atoms. The second kappa shape index (κ2) is 9.91. The van der Waals surface area contributed by atoms with Gasteiger partial charge in [0.2, 0.25) is 0 Å². The first-order chi connectivity index (χ1) is 16.1. The van der Waals surface area contributed by atoms with Crippen LogP contribution in [0.3, 0.4) is 0 Å². The van der Waals surface area contributed by atoms with Gasteiger partial charge >= 0.3 is 0 Å². The minimum atomic E-state index is -0.180. The van der Waals surface area contributed by atoms with Crippen molar-refractivity contribution in [3.63, 3.8) is 0 Å². The van der Waals surface area contributed by atoms with E-state index >= 15 is 0 Å². The van der Waals surface area contributed by atoms with Crippen LogP contribution in [0.4, 0.5) is 0 Å². The van der Waals surface area contributed by atoms with E-state index in [0.717, 1.165) is 23.4 Å². The summed E-state index contributed by atoms with van der Waals surface area (Å²) in [5.74, 6) is 0.416. The molecule has 2 aromatic heterocycles. The molecular formula is C26H24ClN3O2S. The van der Waals surface area contributed by atoms with Gasteiger partial charge in [-0.25, -0.2) is 0 Å². The van der Waals surface area contributed by atoms with E-state index in [2.05, 4.69) is 51.8 Å². The molecule has 5 rings (SSSR count). The fourth-order valence-electron chi connectivity index (χ4n) is 4.06. The summed E-state index contributed by atoms with van der Waals surface area (Å²) in [6.07, 6.45) is 2.63. The van der Waals surface area contributed by atoms with Crippen LogP contribution in [0.15, 0.2) is 71.3 Å². The molecule has 0 aliphatic carbocycles. The molecule has 3 heterocycles. The van der Waals surface area contributed by atoms with Crippen molar-refractivity contribution in [3.05, 3.63) is 87.3 Å². The minimum absolute atomic E-state index is 0.180. The first-order valence-corrected chi connectivity index (χ1v) is 12.2. The zero-order valence-electron chi connectivity index (χ0n) is 18.1. The quantitative estimate of drug-likeness (QED) is 0.342. The number of hydrogen-bond acceptors (Lipinski definition) is 5. The summed E-state index contributed by atoms with van der Waals surface area (Å²) < 4.78 is 5.99. The molecule has 2 aromatic carbocycles. The lowest BCUT2D eigenvalue weighted by Crippen LogP contribution is -2.21. The van der Waals surface area contributed by atoms with Crippen LogP contribution in [0.2, 0.25) is 4.34 Å². The van der Waals surface area contributed by atoms with Gasteiger partial charge in [-0.3, -0.25) is 9.69 Å². The molecule has 168 valence electrons. The number of aromatic nitrogens is 1. The molecule has 0 unspecified atom stereocenters. The Hall–Kier alpha value is -2.93. The number of carbonyl (C=O) groups is 1. The first-order valence-electron chi connectivity index (χ1n) is 11.1. The van der Waals surface area contributed by atoms with E-state index in [1.807, 2.05) is 18.2 Å². The maximum Gasteiger partial charge on any atom is 0.261 e. The molecule has 0 saturated carbocycles. The fraction of sp³-hybridized carbons (Fsp3) is 0.231. The lowest BCUT2D eigenvalue weighted by Gasteiger charge is -2.14. The van der Waals surface area contributed by atoms with Crippen molar-refractivity contribution in [2.45, 2.75) is 25.9 Å². The van der Waals surface area contributed by atoms with Gasteiger partial charge in [0.05, 0.1) is 15.8 Å². The van der Waals surface area contributed by atoms with Gasteiger partial charge in [-0.15, -0.1) is 11.3 Å². The normalized spacial score (nSPS) is 14.0. The zero-order valence-corrected chi connectivity index (χ0v) is 19.7. The summed E-state index contributed by atoms with van der Waals surface area (Å²) in [4.78, 5) is 15.2. The molecule has 33 heavy (non-hydrogen) atoms. The molecule has 5 nitrogen and oxygen atoms in total. The van der Waals surface area contributed by atoms with Crippen LogP contribution in [-0.4, -0.2) is 29.1 Å². The topological polar surface area (TPSA) is 58.4 Å². The van der Waals surface area contributed by atoms with Gasteiger partial charge in [-0.2, -0.15) is 0 Å². The fourth-order valence-corrected chi connectivity index (χ4v) is 5.02. The minimum Gasteiger partial charge on any atom is -0.359 e. The van der Waals surface area contributed by atoms with E-state index in [-0.39, 0.29) is 12.5 Å². The van der Waals surface area contributed by atoms with Crippen LogP contribution in [0, 0.1) is 0 Å². The molecule has 0 atom stereocenters. The average molecular weight is 478 g/mol. The van der Waals surface area contributed by atoms with Gasteiger partial charge in [0.1, 0.15) is 5.69 Å². The first kappa shape index (κ1) is 21.9. The predicted molar refractivity (Wildman–Crippen MR) is 132 cm³/mol. The molecule has 1 saturated heterocycles. The number of carbonyl (C=O) groups excluding carboxylic acids is 1. The smallest absolute Gasteiger partial charge is 0.261 e. The lowest BCUT2D eigenvalue weighted by atomic mass is 10.0. The van der Waals surface area contributed by atoms with Gasteiger partial charge in [0.15, 0.2) is 5.76 Å². The monoisotopic (exact) mass is 477 g/mol. The molecule has 0 spiro atoms. The van der Waals surface area contributed by atoms with Gasteiger partial charge in [0, 0.05) is 18.2 Å². The third-order valence-electron chi connectivity index (χ3n) is 5.85. The molecular weight excluding hydrogens is 454 g/mol. The number of nitrogens with zero attached hydrogens (tertiary/aromatic N) is 2. The van der Waals surface area contributed by atoms with Crippen LogP contribution >= 0.6 is 22.9 Å². The van der Waals surface area contributed by atoms with Crippen molar-refractivity contribution >= 4 is 28.8 Å². The Bertz CT molecular complexity index is 1230. The summed E-state index contributed by atoms with van der Waals surface area (Å²) in [7, 11) is 0. The number of nitrogens with one attached hydrogen (secondary N) is 1. The number of hydrogen-bond donors (Lipinski definition) is 1. The van der Waals surface area contributed by atoms with E-state index in [1.165, 1.54) is 48.4 Å². The standard InChI is InChI=1S/C26H24ClN3O2S/c27-25-12-11-24(33-25)26(31)28-16-22-15-23(29-32-22)21-9-7-20(8-10-21)19-5-3-18(4-6-19)17-30-13-1-2-14-30/h3-12,15H,1-2,13-14,16-17H2,(H,28,31). The number of rotatable bonds is 7. The summed E-state index contributed by atoms with van der Waals surface area (Å²) in [6, 6.07) is 22.4. The number of halogens is 1. The largest absolute Gasteiger partial charge is 0.359 e.